The van der Waals surface area contributed by atoms with Crippen molar-refractivity contribution in [1.29, 1.82) is 0 Å². The fourth-order valence-electron chi connectivity index (χ4n) is 3.44. The molecule has 3 rings (SSSR count). The van der Waals surface area contributed by atoms with Crippen LogP contribution >= 0.6 is 11.3 Å². The third-order valence-corrected chi connectivity index (χ3v) is 6.25. The number of amides is 1. The molecule has 1 atom stereocenters. The van der Waals surface area contributed by atoms with E-state index in [2.05, 4.69) is 60.8 Å². The van der Waals surface area contributed by atoms with Crippen LogP contribution in [0.3, 0.4) is 0 Å². The largest absolute Gasteiger partial charge is 0.347 e. The van der Waals surface area contributed by atoms with E-state index in [0.29, 0.717) is 0 Å². The van der Waals surface area contributed by atoms with E-state index in [1.54, 1.807) is 11.3 Å². The van der Waals surface area contributed by atoms with E-state index in [4.69, 9.17) is 4.98 Å². The summed E-state index contributed by atoms with van der Waals surface area (Å²) in [7, 11) is 2.07. The Kier molecular flexibility index (Phi) is 8.03. The SMILES string of the molecule is CCCCC(CC)C(=O)Nc1ccc(-c2csc(N(C)Cc3ccccc3)n2)cc1. The number of anilines is 2. The number of hydrogen-bond donors (Lipinski definition) is 1. The van der Waals surface area contributed by atoms with Gasteiger partial charge in [0.15, 0.2) is 5.13 Å². The molecule has 1 unspecified atom stereocenters. The summed E-state index contributed by atoms with van der Waals surface area (Å²) in [5.74, 6) is 0.211. The molecule has 2 aromatic carbocycles. The van der Waals surface area contributed by atoms with Gasteiger partial charge in [0.1, 0.15) is 0 Å². The van der Waals surface area contributed by atoms with E-state index in [1.165, 1.54) is 5.56 Å². The van der Waals surface area contributed by atoms with Crippen LogP contribution in [0.1, 0.15) is 45.1 Å². The number of hydrogen-bond acceptors (Lipinski definition) is 4. The Hall–Kier alpha value is -2.66. The van der Waals surface area contributed by atoms with E-state index in [9.17, 15) is 4.79 Å². The van der Waals surface area contributed by atoms with Gasteiger partial charge in [-0.1, -0.05) is 69.2 Å². The van der Waals surface area contributed by atoms with Gasteiger partial charge in [-0.15, -0.1) is 11.3 Å². The van der Waals surface area contributed by atoms with Crippen LogP contribution in [0.4, 0.5) is 10.8 Å². The van der Waals surface area contributed by atoms with Gasteiger partial charge in [0, 0.05) is 36.1 Å². The maximum atomic E-state index is 12.5. The highest BCUT2D eigenvalue weighted by Crippen LogP contribution is 2.28. The molecule has 0 saturated carbocycles. The molecule has 0 aliphatic heterocycles. The molecule has 0 spiro atoms. The van der Waals surface area contributed by atoms with Crippen LogP contribution in [0.5, 0.6) is 0 Å². The van der Waals surface area contributed by atoms with E-state index in [-0.39, 0.29) is 11.8 Å². The maximum absolute atomic E-state index is 12.5. The third kappa shape index (κ3) is 5.92. The fourth-order valence-corrected chi connectivity index (χ4v) is 4.24. The van der Waals surface area contributed by atoms with Crippen LogP contribution in [0.2, 0.25) is 0 Å². The summed E-state index contributed by atoms with van der Waals surface area (Å²) in [6.07, 6.45) is 4.04. The van der Waals surface area contributed by atoms with Gasteiger partial charge in [0.2, 0.25) is 5.91 Å². The fraction of sp³-hybridized carbons (Fsp3) is 0.360. The topological polar surface area (TPSA) is 45.2 Å². The minimum Gasteiger partial charge on any atom is -0.347 e. The monoisotopic (exact) mass is 421 g/mol. The number of rotatable bonds is 10. The van der Waals surface area contributed by atoms with Gasteiger partial charge in [-0.2, -0.15) is 0 Å². The van der Waals surface area contributed by atoms with Gasteiger partial charge in [-0.3, -0.25) is 4.79 Å². The number of aromatic nitrogens is 1. The van der Waals surface area contributed by atoms with Crippen LogP contribution < -0.4 is 10.2 Å². The van der Waals surface area contributed by atoms with Crippen LogP contribution in [0.25, 0.3) is 11.3 Å². The van der Waals surface area contributed by atoms with Crippen LogP contribution in [-0.2, 0) is 11.3 Å². The van der Waals surface area contributed by atoms with Crippen molar-refractivity contribution in [3.05, 3.63) is 65.5 Å². The summed E-state index contributed by atoms with van der Waals surface area (Å²) in [4.78, 5) is 19.5. The molecular formula is C25H31N3OS. The first-order chi connectivity index (χ1) is 14.6. The van der Waals surface area contributed by atoms with Crippen LogP contribution in [0, 0.1) is 5.92 Å². The molecule has 158 valence electrons. The summed E-state index contributed by atoms with van der Waals surface area (Å²) in [5, 5.41) is 6.15. The Labute approximate surface area is 184 Å². The lowest BCUT2D eigenvalue weighted by atomic mass is 9.98. The van der Waals surface area contributed by atoms with Crippen molar-refractivity contribution in [2.24, 2.45) is 5.92 Å². The van der Waals surface area contributed by atoms with Crippen LogP contribution in [0.15, 0.2) is 60.0 Å². The zero-order valence-electron chi connectivity index (χ0n) is 18.1. The Morgan fingerprint density at radius 2 is 1.83 bits per heavy atom. The lowest BCUT2D eigenvalue weighted by Crippen LogP contribution is -2.22. The third-order valence-electron chi connectivity index (χ3n) is 5.30. The average Bonchev–Trinajstić information content (AvgIpc) is 3.26. The first-order valence-corrected chi connectivity index (χ1v) is 11.6. The number of thiazole rings is 1. The molecule has 1 heterocycles. The van der Waals surface area contributed by atoms with E-state index in [0.717, 1.165) is 54.3 Å². The second kappa shape index (κ2) is 10.9. The van der Waals surface area contributed by atoms with Crippen molar-refractivity contribution in [2.75, 3.05) is 17.3 Å². The Morgan fingerprint density at radius 1 is 1.10 bits per heavy atom. The molecule has 0 fully saturated rings. The van der Waals surface area contributed by atoms with Gasteiger partial charge in [0.05, 0.1) is 5.69 Å². The molecule has 1 aromatic heterocycles. The second-order valence-corrected chi connectivity index (χ2v) is 8.51. The van der Waals surface area contributed by atoms with Crippen molar-refractivity contribution in [3.63, 3.8) is 0 Å². The molecule has 5 heteroatoms. The van der Waals surface area contributed by atoms with Gasteiger partial charge in [-0.25, -0.2) is 4.98 Å². The van der Waals surface area contributed by atoms with Crippen LogP contribution in [-0.4, -0.2) is 17.9 Å². The Morgan fingerprint density at radius 3 is 2.50 bits per heavy atom. The average molecular weight is 422 g/mol. The molecule has 0 aliphatic carbocycles. The number of nitrogens with one attached hydrogen (secondary N) is 1. The molecule has 1 N–H and O–H groups in total. The quantitative estimate of drug-likeness (QED) is 0.401. The lowest BCUT2D eigenvalue weighted by Gasteiger charge is -2.15. The number of unbranched alkanes of at least 4 members (excludes halogenated alkanes) is 1. The van der Waals surface area contributed by atoms with Gasteiger partial charge >= 0.3 is 0 Å². The Bertz CT molecular complexity index is 921. The summed E-state index contributed by atoms with van der Waals surface area (Å²) in [5.41, 5.74) is 4.13. The zero-order valence-corrected chi connectivity index (χ0v) is 18.9. The maximum Gasteiger partial charge on any atom is 0.227 e. The summed E-state index contributed by atoms with van der Waals surface area (Å²) in [6.45, 7) is 5.07. The van der Waals surface area contributed by atoms with E-state index < -0.39 is 0 Å². The molecular weight excluding hydrogens is 390 g/mol. The standard InChI is InChI=1S/C25H31N3OS/c1-4-6-12-20(5-2)24(29)26-22-15-13-21(14-16-22)23-18-30-25(27-23)28(3)17-19-10-8-7-9-11-19/h7-11,13-16,18,20H,4-6,12,17H2,1-3H3,(H,26,29). The number of carbonyl (C=O) groups excluding carboxylic acids is 1. The highest BCUT2D eigenvalue weighted by Gasteiger charge is 2.16. The highest BCUT2D eigenvalue weighted by molar-refractivity contribution is 7.14. The molecule has 0 bridgehead atoms. The van der Waals surface area contributed by atoms with Gasteiger partial charge in [0.25, 0.3) is 0 Å². The van der Waals surface area contributed by atoms with E-state index in [1.807, 2.05) is 30.3 Å². The minimum absolute atomic E-state index is 0.0888. The number of nitrogens with zero attached hydrogens (tertiary/aromatic N) is 2. The minimum atomic E-state index is 0.0888. The van der Waals surface area contributed by atoms with Crippen molar-refractivity contribution in [3.8, 4) is 11.3 Å². The zero-order chi connectivity index (χ0) is 21.3. The molecule has 4 nitrogen and oxygen atoms in total. The Balaban J connectivity index is 1.62. The normalized spacial score (nSPS) is 11.8. The lowest BCUT2D eigenvalue weighted by molar-refractivity contribution is -0.120. The predicted molar refractivity (Wildman–Crippen MR) is 128 cm³/mol. The number of benzene rings is 2. The van der Waals surface area contributed by atoms with Crippen molar-refractivity contribution in [2.45, 2.75) is 46.1 Å². The van der Waals surface area contributed by atoms with Crippen molar-refractivity contribution >= 4 is 28.1 Å². The summed E-state index contributed by atoms with van der Waals surface area (Å²) >= 11 is 1.65. The summed E-state index contributed by atoms with van der Waals surface area (Å²) < 4.78 is 0. The molecule has 1 amide bonds. The first-order valence-electron chi connectivity index (χ1n) is 10.7. The first kappa shape index (κ1) is 22.0. The highest BCUT2D eigenvalue weighted by atomic mass is 32.1. The molecule has 0 aliphatic rings. The smallest absolute Gasteiger partial charge is 0.227 e. The molecule has 0 saturated heterocycles. The van der Waals surface area contributed by atoms with Gasteiger partial charge < -0.3 is 10.2 Å². The van der Waals surface area contributed by atoms with Crippen molar-refractivity contribution in [1.82, 2.24) is 4.98 Å². The molecule has 3 aromatic rings. The van der Waals surface area contributed by atoms with Gasteiger partial charge in [-0.05, 0) is 30.5 Å². The second-order valence-electron chi connectivity index (χ2n) is 7.67. The summed E-state index contributed by atoms with van der Waals surface area (Å²) in [6, 6.07) is 18.4. The van der Waals surface area contributed by atoms with Crippen molar-refractivity contribution < 1.29 is 4.79 Å². The van der Waals surface area contributed by atoms with E-state index >= 15 is 0 Å². The molecule has 0 radical (unpaired) electrons. The number of carbonyl (C=O) groups is 1. The predicted octanol–water partition coefficient (Wildman–Crippen LogP) is 6.60. The molecule has 30 heavy (non-hydrogen) atoms.